The van der Waals surface area contributed by atoms with E-state index in [9.17, 15) is 4.79 Å². The highest BCUT2D eigenvalue weighted by atomic mass is 16.1. The van der Waals surface area contributed by atoms with Gasteiger partial charge >= 0.3 is 0 Å². The zero-order valence-corrected chi connectivity index (χ0v) is 11.3. The summed E-state index contributed by atoms with van der Waals surface area (Å²) in [5.41, 5.74) is 0.539. The molecule has 2 rings (SSSR count). The topological polar surface area (TPSA) is 17.1 Å². The van der Waals surface area contributed by atoms with Gasteiger partial charge in [0.15, 0.2) is 0 Å². The highest BCUT2D eigenvalue weighted by Gasteiger charge is 2.49. The first-order chi connectivity index (χ1) is 7.42. The Morgan fingerprint density at radius 2 is 1.75 bits per heavy atom. The van der Waals surface area contributed by atoms with Crippen molar-refractivity contribution in [1.82, 2.24) is 0 Å². The molecule has 1 heteroatoms. The molecular weight excluding hydrogens is 196 g/mol. The number of carbonyl (C=O) groups is 1. The third-order valence-corrected chi connectivity index (χ3v) is 5.38. The average Bonchev–Trinajstić information content (AvgIpc) is 2.16. The van der Waals surface area contributed by atoms with E-state index >= 15 is 0 Å². The summed E-state index contributed by atoms with van der Waals surface area (Å²) in [5, 5.41) is 0. The lowest BCUT2D eigenvalue weighted by atomic mass is 9.49. The summed E-state index contributed by atoms with van der Waals surface area (Å²) in [6, 6.07) is 0. The van der Waals surface area contributed by atoms with Crippen molar-refractivity contribution >= 4 is 5.78 Å². The van der Waals surface area contributed by atoms with Gasteiger partial charge in [0, 0.05) is 5.92 Å². The normalized spacial score (nSPS) is 42.5. The molecule has 16 heavy (non-hydrogen) atoms. The first-order valence-corrected chi connectivity index (χ1v) is 6.92. The Morgan fingerprint density at radius 1 is 1.12 bits per heavy atom. The van der Waals surface area contributed by atoms with Crippen molar-refractivity contribution in [3.8, 4) is 0 Å². The first-order valence-electron chi connectivity index (χ1n) is 6.92. The lowest BCUT2D eigenvalue weighted by Gasteiger charge is -2.55. The summed E-state index contributed by atoms with van der Waals surface area (Å²) in [6.07, 6.45) is 6.24. The molecule has 4 atom stereocenters. The quantitative estimate of drug-likeness (QED) is 0.654. The maximum absolute atomic E-state index is 11.5. The smallest absolute Gasteiger partial charge is 0.132 e. The van der Waals surface area contributed by atoms with Crippen LogP contribution in [-0.2, 0) is 4.79 Å². The summed E-state index contributed by atoms with van der Waals surface area (Å²) in [6.45, 7) is 8.99. The fraction of sp³-hybridized carbons (Fsp3) is 0.933. The number of rotatable bonds is 1. The van der Waals surface area contributed by atoms with Gasteiger partial charge in [-0.15, -0.1) is 0 Å². The predicted octanol–water partition coefficient (Wildman–Crippen LogP) is 4.06. The first kappa shape index (κ1) is 12.1. The third kappa shape index (κ3) is 2.06. The van der Waals surface area contributed by atoms with Gasteiger partial charge in [-0.05, 0) is 62.2 Å². The zero-order chi connectivity index (χ0) is 11.9. The maximum atomic E-state index is 11.5. The molecule has 2 fully saturated rings. The number of carbonyl (C=O) groups excluding carboxylic acids is 1. The summed E-state index contributed by atoms with van der Waals surface area (Å²) in [4.78, 5) is 11.5. The van der Waals surface area contributed by atoms with Crippen molar-refractivity contribution in [3.05, 3.63) is 0 Å². The largest absolute Gasteiger partial charge is 0.300 e. The molecule has 2 saturated carbocycles. The van der Waals surface area contributed by atoms with E-state index in [2.05, 4.69) is 20.8 Å². The van der Waals surface area contributed by atoms with Crippen LogP contribution in [0.2, 0.25) is 0 Å². The van der Waals surface area contributed by atoms with Gasteiger partial charge in [-0.2, -0.15) is 0 Å². The molecule has 0 heterocycles. The molecule has 2 aliphatic carbocycles. The molecule has 2 aliphatic rings. The van der Waals surface area contributed by atoms with Crippen LogP contribution in [0.1, 0.15) is 59.8 Å². The minimum absolute atomic E-state index is 0.361. The monoisotopic (exact) mass is 222 g/mol. The number of ketones is 1. The van der Waals surface area contributed by atoms with Crippen LogP contribution in [0, 0.1) is 29.1 Å². The van der Waals surface area contributed by atoms with Gasteiger partial charge < -0.3 is 0 Å². The Kier molecular flexibility index (Phi) is 3.16. The summed E-state index contributed by atoms with van der Waals surface area (Å²) in [5.74, 6) is 3.44. The van der Waals surface area contributed by atoms with Gasteiger partial charge in [-0.3, -0.25) is 4.79 Å². The van der Waals surface area contributed by atoms with Crippen LogP contribution in [0.25, 0.3) is 0 Å². The van der Waals surface area contributed by atoms with Crippen molar-refractivity contribution < 1.29 is 4.79 Å². The van der Waals surface area contributed by atoms with Gasteiger partial charge in [0.1, 0.15) is 5.78 Å². The van der Waals surface area contributed by atoms with E-state index in [0.717, 1.165) is 30.6 Å². The predicted molar refractivity (Wildman–Crippen MR) is 67.2 cm³/mol. The van der Waals surface area contributed by atoms with Crippen LogP contribution in [-0.4, -0.2) is 5.78 Å². The highest BCUT2D eigenvalue weighted by Crippen LogP contribution is 2.57. The Hall–Kier alpha value is -0.330. The van der Waals surface area contributed by atoms with Gasteiger partial charge in [-0.1, -0.05) is 20.8 Å². The Morgan fingerprint density at radius 3 is 2.31 bits per heavy atom. The molecule has 0 aromatic heterocycles. The average molecular weight is 222 g/mol. The summed E-state index contributed by atoms with van der Waals surface area (Å²) < 4.78 is 0. The van der Waals surface area contributed by atoms with Gasteiger partial charge in [0.05, 0.1) is 0 Å². The number of hydrogen-bond acceptors (Lipinski definition) is 1. The zero-order valence-electron chi connectivity index (χ0n) is 11.3. The van der Waals surface area contributed by atoms with Crippen LogP contribution < -0.4 is 0 Å². The molecule has 0 amide bonds. The van der Waals surface area contributed by atoms with Gasteiger partial charge in [-0.25, -0.2) is 0 Å². The Labute approximate surface area is 100.0 Å². The molecule has 0 bridgehead atoms. The van der Waals surface area contributed by atoms with Crippen LogP contribution >= 0.6 is 0 Å². The summed E-state index contributed by atoms with van der Waals surface area (Å²) >= 11 is 0. The Balaban J connectivity index is 2.04. The number of hydrogen-bond donors (Lipinski definition) is 0. The van der Waals surface area contributed by atoms with E-state index in [1.807, 2.05) is 0 Å². The Bertz CT molecular complexity index is 279. The van der Waals surface area contributed by atoms with E-state index in [1.54, 1.807) is 6.92 Å². The van der Waals surface area contributed by atoms with Crippen molar-refractivity contribution in [3.63, 3.8) is 0 Å². The van der Waals surface area contributed by atoms with Crippen molar-refractivity contribution in [2.75, 3.05) is 0 Å². The molecule has 92 valence electrons. The molecule has 0 radical (unpaired) electrons. The second kappa shape index (κ2) is 4.16. The molecule has 0 aromatic carbocycles. The molecular formula is C15H26O. The van der Waals surface area contributed by atoms with E-state index in [4.69, 9.17) is 0 Å². The fourth-order valence-corrected chi connectivity index (χ4v) is 4.13. The van der Waals surface area contributed by atoms with Crippen molar-refractivity contribution in [2.24, 2.45) is 29.1 Å². The lowest BCUT2D eigenvalue weighted by Crippen LogP contribution is -2.47. The minimum atomic E-state index is 0.361. The SMILES string of the molecule is CC(=O)[C@H]1CC[C@@H](C)[C@@H]2CC(C)(C)[C@@H]2CC1. The van der Waals surface area contributed by atoms with E-state index in [-0.39, 0.29) is 0 Å². The van der Waals surface area contributed by atoms with Crippen molar-refractivity contribution in [2.45, 2.75) is 59.8 Å². The molecule has 0 N–H and O–H groups in total. The van der Waals surface area contributed by atoms with Crippen LogP contribution in [0.5, 0.6) is 0 Å². The standard InChI is InChI=1S/C15H26O/c1-10-5-6-12(11(2)16)7-8-14-13(10)9-15(14,3)4/h10,12-14H,5-9H2,1-4H3/t10-,12+,13+,14-/m1/s1. The number of fused-ring (bicyclic) bond motifs is 1. The second-order valence-corrected chi connectivity index (χ2v) is 6.90. The van der Waals surface area contributed by atoms with Crippen LogP contribution in [0.15, 0.2) is 0 Å². The van der Waals surface area contributed by atoms with E-state index < -0.39 is 0 Å². The third-order valence-electron chi connectivity index (χ3n) is 5.38. The molecule has 0 unspecified atom stereocenters. The van der Waals surface area contributed by atoms with E-state index in [1.165, 1.54) is 19.3 Å². The molecule has 0 saturated heterocycles. The second-order valence-electron chi connectivity index (χ2n) is 6.90. The minimum Gasteiger partial charge on any atom is -0.300 e. The summed E-state index contributed by atoms with van der Waals surface area (Å²) in [7, 11) is 0. The van der Waals surface area contributed by atoms with Crippen LogP contribution in [0.4, 0.5) is 0 Å². The molecule has 1 nitrogen and oxygen atoms in total. The van der Waals surface area contributed by atoms with Crippen molar-refractivity contribution in [1.29, 1.82) is 0 Å². The molecule has 0 spiro atoms. The lowest BCUT2D eigenvalue weighted by molar-refractivity contribution is -0.123. The van der Waals surface area contributed by atoms with E-state index in [0.29, 0.717) is 17.1 Å². The molecule has 0 aliphatic heterocycles. The van der Waals surface area contributed by atoms with Gasteiger partial charge in [0.25, 0.3) is 0 Å². The fourth-order valence-electron chi connectivity index (χ4n) is 4.13. The van der Waals surface area contributed by atoms with Crippen LogP contribution in [0.3, 0.4) is 0 Å². The number of Topliss-reactive ketones (excluding diaryl/α,β-unsaturated/α-hetero) is 1. The maximum Gasteiger partial charge on any atom is 0.132 e. The molecule has 0 aromatic rings. The van der Waals surface area contributed by atoms with Gasteiger partial charge in [0.2, 0.25) is 0 Å². The highest BCUT2D eigenvalue weighted by molar-refractivity contribution is 5.78.